The van der Waals surface area contributed by atoms with Gasteiger partial charge in [-0.25, -0.2) is 4.39 Å². The Kier molecular flexibility index (Phi) is 8.31. The molecule has 2 saturated carbocycles. The van der Waals surface area contributed by atoms with Gasteiger partial charge in [0.15, 0.2) is 5.96 Å². The molecule has 0 heterocycles. The number of carbonyl (C=O) groups excluding carboxylic acids is 1. The summed E-state index contributed by atoms with van der Waals surface area (Å²) in [5, 5.41) is 6.86. The van der Waals surface area contributed by atoms with E-state index in [-0.39, 0.29) is 46.5 Å². The number of hydrogen-bond acceptors (Lipinski definition) is 2. The Morgan fingerprint density at radius 2 is 1.62 bits per heavy atom. The first-order valence-electron chi connectivity index (χ1n) is 10.3. The molecule has 0 bridgehead atoms. The summed E-state index contributed by atoms with van der Waals surface area (Å²) in [6.45, 7) is 1.36. The van der Waals surface area contributed by atoms with Gasteiger partial charge in [-0.1, -0.05) is 31.4 Å². The number of benzene rings is 1. The van der Waals surface area contributed by atoms with Gasteiger partial charge in [0.25, 0.3) is 0 Å². The predicted octanol–water partition coefficient (Wildman–Crippen LogP) is 3.68. The molecular formula is C22H34FIN4O. The summed E-state index contributed by atoms with van der Waals surface area (Å²) < 4.78 is 13.3. The monoisotopic (exact) mass is 516 g/mol. The van der Waals surface area contributed by atoms with E-state index in [0.717, 1.165) is 51.0 Å². The molecule has 0 radical (unpaired) electrons. The SMILES string of the molecule is CN=C(NCC1(C(=O)N(C)C)CCCC1)NCC1(c2ccc(F)cc2)CCC1.I. The molecule has 0 aliphatic heterocycles. The summed E-state index contributed by atoms with van der Waals surface area (Å²) in [5.74, 6) is 0.733. The predicted molar refractivity (Wildman–Crippen MR) is 126 cm³/mol. The lowest BCUT2D eigenvalue weighted by Gasteiger charge is -2.43. The molecule has 0 spiro atoms. The topological polar surface area (TPSA) is 56.7 Å². The van der Waals surface area contributed by atoms with Crippen LogP contribution >= 0.6 is 24.0 Å². The molecule has 0 atom stereocenters. The third-order valence-electron chi connectivity index (χ3n) is 6.60. The second-order valence-electron chi connectivity index (χ2n) is 8.61. The second kappa shape index (κ2) is 10.1. The largest absolute Gasteiger partial charge is 0.356 e. The Hall–Kier alpha value is -1.38. The van der Waals surface area contributed by atoms with Crippen LogP contribution in [0.1, 0.15) is 50.5 Å². The van der Waals surface area contributed by atoms with Crippen LogP contribution in [0.2, 0.25) is 0 Å². The molecule has 162 valence electrons. The van der Waals surface area contributed by atoms with Crippen molar-refractivity contribution in [2.75, 3.05) is 34.2 Å². The molecule has 29 heavy (non-hydrogen) atoms. The van der Waals surface area contributed by atoms with E-state index in [9.17, 15) is 9.18 Å². The number of nitrogens with one attached hydrogen (secondary N) is 2. The molecule has 7 heteroatoms. The minimum absolute atomic E-state index is 0. The molecule has 2 aliphatic rings. The first-order chi connectivity index (χ1) is 13.4. The zero-order valence-corrected chi connectivity index (χ0v) is 20.1. The van der Waals surface area contributed by atoms with Gasteiger partial charge in [0, 0.05) is 39.6 Å². The highest BCUT2D eigenvalue weighted by Crippen LogP contribution is 2.43. The highest BCUT2D eigenvalue weighted by molar-refractivity contribution is 14.0. The van der Waals surface area contributed by atoms with E-state index in [1.807, 2.05) is 26.2 Å². The number of carbonyl (C=O) groups is 1. The van der Waals surface area contributed by atoms with Gasteiger partial charge < -0.3 is 15.5 Å². The third-order valence-corrected chi connectivity index (χ3v) is 6.60. The fraction of sp³-hybridized carbons (Fsp3) is 0.636. The fourth-order valence-corrected chi connectivity index (χ4v) is 4.69. The van der Waals surface area contributed by atoms with Crippen molar-refractivity contribution in [3.8, 4) is 0 Å². The Bertz CT molecular complexity index is 710. The average Bonchev–Trinajstić information content (AvgIpc) is 3.13. The van der Waals surface area contributed by atoms with E-state index < -0.39 is 0 Å². The number of amides is 1. The van der Waals surface area contributed by atoms with E-state index in [4.69, 9.17) is 0 Å². The van der Waals surface area contributed by atoms with E-state index >= 15 is 0 Å². The van der Waals surface area contributed by atoms with Crippen molar-refractivity contribution in [3.63, 3.8) is 0 Å². The van der Waals surface area contributed by atoms with Crippen LogP contribution < -0.4 is 10.6 Å². The molecule has 0 saturated heterocycles. The number of halogens is 2. The lowest BCUT2D eigenvalue weighted by Crippen LogP contribution is -2.52. The van der Waals surface area contributed by atoms with Gasteiger partial charge in [-0.05, 0) is 43.4 Å². The van der Waals surface area contributed by atoms with Crippen LogP contribution in [-0.2, 0) is 10.2 Å². The normalized spacial score (nSPS) is 19.7. The van der Waals surface area contributed by atoms with E-state index in [2.05, 4.69) is 15.6 Å². The van der Waals surface area contributed by atoms with Crippen molar-refractivity contribution in [1.82, 2.24) is 15.5 Å². The Labute approximate surface area is 190 Å². The third kappa shape index (κ3) is 5.22. The van der Waals surface area contributed by atoms with Crippen LogP contribution in [0.25, 0.3) is 0 Å². The summed E-state index contributed by atoms with van der Waals surface area (Å²) in [7, 11) is 5.42. The zero-order valence-electron chi connectivity index (χ0n) is 17.8. The maximum absolute atomic E-state index is 13.3. The van der Waals surface area contributed by atoms with Gasteiger partial charge in [-0.15, -0.1) is 24.0 Å². The van der Waals surface area contributed by atoms with Crippen molar-refractivity contribution in [1.29, 1.82) is 0 Å². The number of hydrogen-bond donors (Lipinski definition) is 2. The van der Waals surface area contributed by atoms with Crippen molar-refractivity contribution in [2.45, 2.75) is 50.4 Å². The van der Waals surface area contributed by atoms with Crippen LogP contribution in [-0.4, -0.2) is 51.0 Å². The van der Waals surface area contributed by atoms with Crippen LogP contribution in [0.4, 0.5) is 4.39 Å². The zero-order chi connectivity index (χ0) is 20.2. The van der Waals surface area contributed by atoms with Gasteiger partial charge in [0.05, 0.1) is 5.41 Å². The molecule has 2 fully saturated rings. The molecule has 2 aliphatic carbocycles. The lowest BCUT2D eigenvalue weighted by atomic mass is 9.64. The van der Waals surface area contributed by atoms with Crippen LogP contribution in [0.5, 0.6) is 0 Å². The van der Waals surface area contributed by atoms with Crippen molar-refractivity contribution in [2.24, 2.45) is 10.4 Å². The second-order valence-corrected chi connectivity index (χ2v) is 8.61. The summed E-state index contributed by atoms with van der Waals surface area (Å²) in [6, 6.07) is 6.88. The molecule has 2 N–H and O–H groups in total. The Morgan fingerprint density at radius 1 is 1.03 bits per heavy atom. The van der Waals surface area contributed by atoms with Gasteiger partial charge in [-0.2, -0.15) is 0 Å². The smallest absolute Gasteiger partial charge is 0.230 e. The standard InChI is InChI=1S/C22H33FN4O.HI/c1-24-20(26-16-22(11-4-5-12-22)19(28)27(2)3)25-15-21(13-6-14-21)17-7-9-18(23)10-8-17;/h7-10H,4-6,11-16H2,1-3H3,(H2,24,25,26);1H. The lowest BCUT2D eigenvalue weighted by molar-refractivity contribution is -0.138. The molecule has 0 aromatic heterocycles. The van der Waals surface area contributed by atoms with Crippen LogP contribution in [0, 0.1) is 11.2 Å². The van der Waals surface area contributed by atoms with Crippen molar-refractivity contribution < 1.29 is 9.18 Å². The maximum atomic E-state index is 13.3. The fourth-order valence-electron chi connectivity index (χ4n) is 4.69. The molecule has 1 aromatic rings. The summed E-state index contributed by atoms with van der Waals surface area (Å²) >= 11 is 0. The number of guanidine groups is 1. The van der Waals surface area contributed by atoms with Crippen molar-refractivity contribution in [3.05, 3.63) is 35.6 Å². The summed E-state index contributed by atoms with van der Waals surface area (Å²) in [6.07, 6.45) is 7.41. The first-order valence-corrected chi connectivity index (χ1v) is 10.3. The van der Waals surface area contributed by atoms with E-state index in [1.54, 1.807) is 24.1 Å². The highest BCUT2D eigenvalue weighted by atomic mass is 127. The van der Waals surface area contributed by atoms with E-state index in [1.165, 1.54) is 12.0 Å². The molecule has 5 nitrogen and oxygen atoms in total. The summed E-state index contributed by atoms with van der Waals surface area (Å²) in [5.41, 5.74) is 0.889. The first kappa shape index (κ1) is 23.9. The summed E-state index contributed by atoms with van der Waals surface area (Å²) in [4.78, 5) is 18.8. The molecule has 1 aromatic carbocycles. The Morgan fingerprint density at radius 3 is 2.10 bits per heavy atom. The quantitative estimate of drug-likeness (QED) is 0.345. The minimum atomic E-state index is -0.327. The van der Waals surface area contributed by atoms with Gasteiger partial charge in [-0.3, -0.25) is 9.79 Å². The minimum Gasteiger partial charge on any atom is -0.356 e. The molecular weight excluding hydrogens is 482 g/mol. The molecule has 0 unspecified atom stereocenters. The maximum Gasteiger partial charge on any atom is 0.230 e. The number of nitrogens with zero attached hydrogens (tertiary/aromatic N) is 2. The highest BCUT2D eigenvalue weighted by Gasteiger charge is 2.42. The van der Waals surface area contributed by atoms with Crippen molar-refractivity contribution >= 4 is 35.8 Å². The van der Waals surface area contributed by atoms with E-state index in [0.29, 0.717) is 6.54 Å². The van der Waals surface area contributed by atoms with Crippen LogP contribution in [0.15, 0.2) is 29.3 Å². The average molecular weight is 516 g/mol. The van der Waals surface area contributed by atoms with Gasteiger partial charge in [0.2, 0.25) is 5.91 Å². The number of aliphatic imine (C=N–C) groups is 1. The Balaban J connectivity index is 0.00000300. The van der Waals surface area contributed by atoms with Crippen LogP contribution in [0.3, 0.4) is 0 Å². The molecule has 1 amide bonds. The molecule has 3 rings (SSSR count). The number of rotatable bonds is 6. The van der Waals surface area contributed by atoms with Gasteiger partial charge >= 0.3 is 0 Å². The van der Waals surface area contributed by atoms with Gasteiger partial charge in [0.1, 0.15) is 5.82 Å².